The van der Waals surface area contributed by atoms with Crippen molar-refractivity contribution in [2.75, 3.05) is 16.2 Å². The number of nitrogens with zero attached hydrogens (tertiary/aromatic N) is 1. The minimum Gasteiger partial charge on any atom is -0.461 e. The predicted molar refractivity (Wildman–Crippen MR) is 143 cm³/mol. The van der Waals surface area contributed by atoms with E-state index in [-0.39, 0.29) is 16.2 Å². The first kappa shape index (κ1) is 23.1. The average Bonchev–Trinajstić information content (AvgIpc) is 3.33. The molecule has 1 aliphatic carbocycles. The molecule has 2 aliphatic rings. The van der Waals surface area contributed by atoms with E-state index >= 15 is 0 Å². The Kier molecular flexibility index (Phi) is 5.03. The number of carbonyl (C=O) groups is 1. The largest absolute Gasteiger partial charge is 0.461 e. The van der Waals surface area contributed by atoms with E-state index in [1.807, 2.05) is 19.1 Å². The third-order valence-corrected chi connectivity index (χ3v) is 9.31. The van der Waals surface area contributed by atoms with Crippen molar-refractivity contribution < 1.29 is 17.6 Å². The van der Waals surface area contributed by atoms with E-state index in [4.69, 9.17) is 4.42 Å². The van der Waals surface area contributed by atoms with Crippen LogP contribution in [0.4, 0.5) is 11.4 Å². The molecule has 1 N–H and O–H groups in total. The van der Waals surface area contributed by atoms with Crippen LogP contribution in [0.15, 0.2) is 57.8 Å². The van der Waals surface area contributed by atoms with Gasteiger partial charge in [0.05, 0.1) is 10.6 Å². The molecule has 0 unspecified atom stereocenters. The second-order valence-corrected chi connectivity index (χ2v) is 12.6. The third kappa shape index (κ3) is 3.44. The Morgan fingerprint density at radius 3 is 2.64 bits per heavy atom. The molecule has 1 aliphatic heterocycles. The number of nitrogens with one attached hydrogen (secondary N) is 1. The van der Waals surface area contributed by atoms with Crippen molar-refractivity contribution in [3.63, 3.8) is 0 Å². The van der Waals surface area contributed by atoms with Gasteiger partial charge in [-0.1, -0.05) is 32.9 Å². The number of amides is 1. The van der Waals surface area contributed by atoms with E-state index in [0.717, 1.165) is 41.7 Å². The Morgan fingerprint density at radius 2 is 1.89 bits per heavy atom. The maximum absolute atomic E-state index is 13.6. The Hall–Kier alpha value is -3.32. The van der Waals surface area contributed by atoms with Gasteiger partial charge in [0, 0.05) is 45.9 Å². The monoisotopic (exact) mass is 502 g/mol. The van der Waals surface area contributed by atoms with Gasteiger partial charge in [-0.3, -0.25) is 9.52 Å². The van der Waals surface area contributed by atoms with Gasteiger partial charge in [0.1, 0.15) is 11.3 Å². The maximum atomic E-state index is 13.6. The number of hydrogen-bond donors (Lipinski definition) is 1. The summed E-state index contributed by atoms with van der Waals surface area (Å²) in [6.45, 7) is 9.26. The summed E-state index contributed by atoms with van der Waals surface area (Å²) in [6.07, 6.45) is 2.93. The molecule has 3 aromatic carbocycles. The highest BCUT2D eigenvalue weighted by Gasteiger charge is 2.33. The van der Waals surface area contributed by atoms with Crippen LogP contribution in [0.25, 0.3) is 21.7 Å². The number of anilines is 2. The van der Waals surface area contributed by atoms with Crippen molar-refractivity contribution >= 4 is 49.0 Å². The maximum Gasteiger partial charge on any atom is 0.262 e. The molecule has 0 saturated carbocycles. The van der Waals surface area contributed by atoms with Gasteiger partial charge in [-0.15, -0.1) is 0 Å². The molecule has 1 aromatic heterocycles. The Balaban J connectivity index is 1.40. The quantitative estimate of drug-likeness (QED) is 0.345. The minimum absolute atomic E-state index is 0.0932. The summed E-state index contributed by atoms with van der Waals surface area (Å²) in [5, 5.41) is 2.22. The van der Waals surface area contributed by atoms with Crippen LogP contribution in [0, 0.1) is 11.3 Å². The molecule has 2 heterocycles. The van der Waals surface area contributed by atoms with Crippen molar-refractivity contribution in [3.05, 3.63) is 65.4 Å². The molecular weight excluding hydrogens is 472 g/mol. The topological polar surface area (TPSA) is 79.6 Å². The molecule has 186 valence electrons. The normalized spacial score (nSPS) is 17.7. The lowest BCUT2D eigenvalue weighted by Gasteiger charge is -2.33. The molecule has 6 nitrogen and oxygen atoms in total. The van der Waals surface area contributed by atoms with Gasteiger partial charge in [0.15, 0.2) is 0 Å². The second-order valence-electron chi connectivity index (χ2n) is 11.0. The number of benzene rings is 3. The summed E-state index contributed by atoms with van der Waals surface area (Å²) in [6, 6.07) is 14.1. The number of fused-ring (bicyclic) bond motifs is 3. The van der Waals surface area contributed by atoms with Gasteiger partial charge in [-0.2, -0.15) is 0 Å². The summed E-state index contributed by atoms with van der Waals surface area (Å²) in [4.78, 5) is 14.7. The van der Waals surface area contributed by atoms with Gasteiger partial charge in [0.2, 0.25) is 0 Å². The zero-order chi connectivity index (χ0) is 25.4. The Morgan fingerprint density at radius 1 is 1.08 bits per heavy atom. The summed E-state index contributed by atoms with van der Waals surface area (Å²) in [7, 11) is -3.90. The number of carbonyl (C=O) groups excluding carboxylic acids is 1. The summed E-state index contributed by atoms with van der Waals surface area (Å²) >= 11 is 0. The zero-order valence-electron chi connectivity index (χ0n) is 21.0. The van der Waals surface area contributed by atoms with E-state index in [9.17, 15) is 13.2 Å². The summed E-state index contributed by atoms with van der Waals surface area (Å²) < 4.78 is 36.1. The van der Waals surface area contributed by atoms with Gasteiger partial charge < -0.3 is 9.32 Å². The minimum atomic E-state index is -3.90. The number of sulfonamides is 1. The molecule has 0 radical (unpaired) electrons. The molecule has 0 fully saturated rings. The van der Waals surface area contributed by atoms with Gasteiger partial charge in [-0.05, 0) is 67.5 Å². The van der Waals surface area contributed by atoms with Crippen molar-refractivity contribution in [2.24, 2.45) is 11.3 Å². The fourth-order valence-electron chi connectivity index (χ4n) is 5.86. The zero-order valence-corrected chi connectivity index (χ0v) is 21.8. The molecular formula is C29H30N2O4S. The first-order valence-corrected chi connectivity index (χ1v) is 14.0. The van der Waals surface area contributed by atoms with Crippen LogP contribution in [-0.2, 0) is 22.9 Å². The molecule has 7 heteroatoms. The smallest absolute Gasteiger partial charge is 0.262 e. The van der Waals surface area contributed by atoms with Crippen LogP contribution in [0.2, 0.25) is 0 Å². The lowest BCUT2D eigenvalue weighted by Crippen LogP contribution is -2.26. The first-order chi connectivity index (χ1) is 17.1. The fraction of sp³-hybridized carbons (Fsp3) is 0.345. The highest BCUT2D eigenvalue weighted by Crippen LogP contribution is 2.43. The third-order valence-electron chi connectivity index (χ3n) is 7.87. The lowest BCUT2D eigenvalue weighted by molar-refractivity contribution is 0.0994. The Bertz CT molecular complexity index is 1660. The number of aryl methyl sites for hydroxylation is 1. The number of furan rings is 1. The van der Waals surface area contributed by atoms with Crippen LogP contribution in [0.3, 0.4) is 0 Å². The van der Waals surface area contributed by atoms with E-state index < -0.39 is 10.0 Å². The average molecular weight is 503 g/mol. The summed E-state index contributed by atoms with van der Waals surface area (Å²) in [5.41, 5.74) is 3.98. The van der Waals surface area contributed by atoms with E-state index in [2.05, 4.69) is 25.5 Å². The second kappa shape index (κ2) is 7.84. The lowest BCUT2D eigenvalue weighted by atomic mass is 9.71. The molecule has 0 saturated heterocycles. The van der Waals surface area contributed by atoms with E-state index in [1.54, 1.807) is 41.3 Å². The van der Waals surface area contributed by atoms with Crippen LogP contribution < -0.4 is 9.62 Å². The van der Waals surface area contributed by atoms with Crippen LogP contribution in [0.1, 0.15) is 55.8 Å². The highest BCUT2D eigenvalue weighted by atomic mass is 32.2. The Labute approximate surface area is 211 Å². The van der Waals surface area contributed by atoms with Crippen molar-refractivity contribution in [1.29, 1.82) is 0 Å². The van der Waals surface area contributed by atoms with Gasteiger partial charge in [0.25, 0.3) is 15.9 Å². The molecule has 0 spiro atoms. The standard InChI is InChI=1S/C29H30N2O4S/c1-5-31-23-11-14-26(19-7-6-8-20(27(19)23)28(31)32)36(33,34)30-18-10-13-25-22(16-18)21-15-17(29(2,3)4)9-12-24(21)35-25/h6-8,10-11,13-14,16-17,30H,5,9,12,15H2,1-4H3/t17-/m1/s1. The predicted octanol–water partition coefficient (Wildman–Crippen LogP) is 6.52. The number of rotatable bonds is 4. The molecule has 4 aromatic rings. The van der Waals surface area contributed by atoms with Gasteiger partial charge >= 0.3 is 0 Å². The SMILES string of the molecule is CCN1C(=O)c2cccc3c(S(=O)(=O)Nc4ccc5oc6c(c5c4)C[C@H](C(C)(C)C)CC6)ccc1c23. The van der Waals surface area contributed by atoms with Crippen molar-refractivity contribution in [3.8, 4) is 0 Å². The molecule has 1 amide bonds. The van der Waals surface area contributed by atoms with Crippen molar-refractivity contribution in [1.82, 2.24) is 0 Å². The van der Waals surface area contributed by atoms with E-state index in [0.29, 0.717) is 34.5 Å². The van der Waals surface area contributed by atoms with Gasteiger partial charge in [-0.25, -0.2) is 8.42 Å². The number of hydrogen-bond acceptors (Lipinski definition) is 4. The van der Waals surface area contributed by atoms with Crippen LogP contribution in [-0.4, -0.2) is 20.9 Å². The molecule has 6 rings (SSSR count). The fourth-order valence-corrected chi connectivity index (χ4v) is 7.11. The first-order valence-electron chi connectivity index (χ1n) is 12.5. The molecule has 36 heavy (non-hydrogen) atoms. The van der Waals surface area contributed by atoms with E-state index in [1.165, 1.54) is 5.56 Å². The van der Waals surface area contributed by atoms with Crippen molar-refractivity contribution in [2.45, 2.75) is 51.9 Å². The highest BCUT2D eigenvalue weighted by molar-refractivity contribution is 7.93. The van der Waals surface area contributed by atoms with Crippen LogP contribution in [0.5, 0.6) is 0 Å². The molecule has 0 bridgehead atoms. The molecule has 1 atom stereocenters. The summed E-state index contributed by atoms with van der Waals surface area (Å²) in [5.74, 6) is 1.47. The van der Waals surface area contributed by atoms with Crippen LogP contribution >= 0.6 is 0 Å².